The van der Waals surface area contributed by atoms with E-state index < -0.39 is 50.4 Å². The molecular formula is C25H35N6O8P. The number of hydrogen-bond donors (Lipinski definition) is 4. The van der Waals surface area contributed by atoms with Crippen LogP contribution in [0.3, 0.4) is 0 Å². The fourth-order valence-electron chi connectivity index (χ4n) is 4.25. The molecule has 0 aliphatic carbocycles. The molecule has 0 saturated carbocycles. The van der Waals surface area contributed by atoms with Crippen LogP contribution >= 0.6 is 7.75 Å². The third-order valence-electron chi connectivity index (χ3n) is 6.21. The number of rotatable bonds is 11. The van der Waals surface area contributed by atoms with E-state index in [9.17, 15) is 19.6 Å². The van der Waals surface area contributed by atoms with Crippen LogP contribution in [0.2, 0.25) is 0 Å². The molecule has 3 heterocycles. The van der Waals surface area contributed by atoms with Crippen molar-refractivity contribution in [3.05, 3.63) is 42.5 Å². The van der Waals surface area contributed by atoms with Gasteiger partial charge in [-0.1, -0.05) is 18.2 Å². The molecular weight excluding hydrogens is 543 g/mol. The average molecular weight is 579 g/mol. The highest BCUT2D eigenvalue weighted by atomic mass is 31.2. The Bertz CT molecular complexity index is 1380. The number of nitrogens with one attached hydrogen (secondary N) is 2. The number of aliphatic hydroxyl groups excluding tert-OH is 1. The van der Waals surface area contributed by atoms with E-state index in [0.717, 1.165) is 0 Å². The molecule has 6 atom stereocenters. The Hall–Kier alpha value is -3.13. The Kier molecular flexibility index (Phi) is 8.78. The van der Waals surface area contributed by atoms with Gasteiger partial charge in [0.2, 0.25) is 0 Å². The van der Waals surface area contributed by atoms with Crippen molar-refractivity contribution in [1.29, 1.82) is 0 Å². The number of aromatic nitrogens is 4. The maximum atomic E-state index is 13.8. The minimum atomic E-state index is -4.22. The van der Waals surface area contributed by atoms with Crippen molar-refractivity contribution in [2.45, 2.75) is 70.8 Å². The highest BCUT2D eigenvalue weighted by molar-refractivity contribution is 7.52. The van der Waals surface area contributed by atoms with Crippen molar-refractivity contribution in [1.82, 2.24) is 24.6 Å². The number of carbonyl (C=O) groups excluding carboxylic acids is 1. The van der Waals surface area contributed by atoms with Crippen molar-refractivity contribution < 1.29 is 38.1 Å². The second-order valence-electron chi connectivity index (χ2n) is 9.93. The average Bonchev–Trinajstić information content (AvgIpc) is 3.40. The highest BCUT2D eigenvalue weighted by Gasteiger charge is 2.54. The summed E-state index contributed by atoms with van der Waals surface area (Å²) in [5, 5.41) is 27.8. The molecule has 0 radical (unpaired) electrons. The molecule has 4 rings (SSSR count). The van der Waals surface area contributed by atoms with Crippen molar-refractivity contribution >= 4 is 30.7 Å². The molecule has 3 aromatic rings. The first-order valence-electron chi connectivity index (χ1n) is 12.8. The SMILES string of the molecule is CNc1nc(C)nc2c1ncn2[C@@H]1O[C@H](COP(=O)(N[C@H](C)C(=O)OC(C)C)Oc2ccccc2)[C@@H](O)[C@@]1(C)O. The van der Waals surface area contributed by atoms with Gasteiger partial charge in [0.15, 0.2) is 23.2 Å². The third-order valence-corrected chi connectivity index (χ3v) is 7.86. The number of benzene rings is 1. The van der Waals surface area contributed by atoms with Gasteiger partial charge in [0, 0.05) is 7.05 Å². The summed E-state index contributed by atoms with van der Waals surface area (Å²) in [4.78, 5) is 25.5. The number of aliphatic hydroxyl groups is 2. The maximum absolute atomic E-state index is 13.8. The maximum Gasteiger partial charge on any atom is 0.459 e. The molecule has 0 amide bonds. The summed E-state index contributed by atoms with van der Waals surface area (Å²) < 4.78 is 37.8. The minimum Gasteiger partial charge on any atom is -0.462 e. The topological polar surface area (TPSA) is 179 Å². The third kappa shape index (κ3) is 6.27. The molecule has 2 aromatic heterocycles. The predicted molar refractivity (Wildman–Crippen MR) is 145 cm³/mol. The van der Waals surface area contributed by atoms with Crippen LogP contribution in [0.4, 0.5) is 5.82 Å². The molecule has 0 bridgehead atoms. The number of hydrogen-bond acceptors (Lipinski definition) is 12. The lowest BCUT2D eigenvalue weighted by atomic mass is 9.96. The van der Waals surface area contributed by atoms with Crippen molar-refractivity contribution in [2.75, 3.05) is 19.0 Å². The second kappa shape index (κ2) is 11.8. The normalized spacial score (nSPS) is 25.1. The lowest BCUT2D eigenvalue weighted by Gasteiger charge is -2.27. The van der Waals surface area contributed by atoms with Gasteiger partial charge in [0.25, 0.3) is 0 Å². The number of nitrogens with zero attached hydrogens (tertiary/aromatic N) is 4. The summed E-state index contributed by atoms with van der Waals surface area (Å²) in [7, 11) is -2.52. The van der Waals surface area contributed by atoms with Crippen molar-refractivity contribution in [2.24, 2.45) is 0 Å². The second-order valence-corrected chi connectivity index (χ2v) is 11.6. The van der Waals surface area contributed by atoms with Gasteiger partial charge >= 0.3 is 13.7 Å². The first-order valence-corrected chi connectivity index (χ1v) is 14.3. The molecule has 0 spiro atoms. The zero-order valence-electron chi connectivity index (χ0n) is 23.1. The molecule has 4 N–H and O–H groups in total. The van der Waals surface area contributed by atoms with E-state index >= 15 is 0 Å². The molecule has 14 nitrogen and oxygen atoms in total. The molecule has 1 unspecified atom stereocenters. The number of esters is 1. The Morgan fingerprint density at radius 3 is 2.60 bits per heavy atom. The molecule has 1 aromatic carbocycles. The Morgan fingerprint density at radius 2 is 1.95 bits per heavy atom. The summed E-state index contributed by atoms with van der Waals surface area (Å²) in [6, 6.07) is 7.22. The molecule has 15 heteroatoms. The lowest BCUT2D eigenvalue weighted by Crippen LogP contribution is -2.44. The number of carbonyl (C=O) groups is 1. The van der Waals surface area contributed by atoms with Crippen LogP contribution in [0.5, 0.6) is 5.75 Å². The summed E-state index contributed by atoms with van der Waals surface area (Å²) in [5.74, 6) is 0.531. The summed E-state index contributed by atoms with van der Waals surface area (Å²) in [6.07, 6.45) is -2.68. The van der Waals surface area contributed by atoms with Gasteiger partial charge in [-0.3, -0.25) is 13.9 Å². The van der Waals surface area contributed by atoms with Crippen LogP contribution in [0.15, 0.2) is 36.7 Å². The van der Waals surface area contributed by atoms with Crippen LogP contribution in [-0.4, -0.2) is 79.3 Å². The number of para-hydroxylation sites is 1. The van der Waals surface area contributed by atoms with Crippen LogP contribution in [0, 0.1) is 6.92 Å². The van der Waals surface area contributed by atoms with E-state index in [1.54, 1.807) is 58.2 Å². The van der Waals surface area contributed by atoms with Gasteiger partial charge in [-0.25, -0.2) is 19.5 Å². The standard InChI is InChI=1S/C25H35N6O8P/c1-14(2)37-23(33)15(3)30-40(35,39-17-10-8-7-9-11-17)36-12-18-20(32)25(5,34)24(38-18)31-13-27-19-21(26-6)28-16(4)29-22(19)31/h7-11,13-15,18,20,24,32,34H,12H2,1-6H3,(H,30,35)(H,26,28,29)/t15-,18-,20-,24-,25-,40?/m1/s1. The summed E-state index contributed by atoms with van der Waals surface area (Å²) in [6.45, 7) is 7.51. The van der Waals surface area contributed by atoms with Gasteiger partial charge in [0.05, 0.1) is 19.0 Å². The minimum absolute atomic E-state index is 0.223. The zero-order chi connectivity index (χ0) is 29.2. The lowest BCUT2D eigenvalue weighted by molar-refractivity contribution is -0.149. The fourth-order valence-corrected chi connectivity index (χ4v) is 5.76. The van der Waals surface area contributed by atoms with Gasteiger partial charge in [-0.2, -0.15) is 5.09 Å². The van der Waals surface area contributed by atoms with Crippen molar-refractivity contribution in [3.8, 4) is 5.75 Å². The Labute approximate surface area is 231 Å². The number of aryl methyl sites for hydroxylation is 1. The molecule has 218 valence electrons. The molecule has 1 fully saturated rings. The monoisotopic (exact) mass is 578 g/mol. The molecule has 1 saturated heterocycles. The smallest absolute Gasteiger partial charge is 0.459 e. The predicted octanol–water partition coefficient (Wildman–Crippen LogP) is 2.32. The van der Waals surface area contributed by atoms with Gasteiger partial charge < -0.3 is 29.5 Å². The molecule has 40 heavy (non-hydrogen) atoms. The fraction of sp³-hybridized carbons (Fsp3) is 0.520. The first-order chi connectivity index (χ1) is 18.8. The number of anilines is 1. The van der Waals surface area contributed by atoms with E-state index in [2.05, 4.69) is 25.4 Å². The molecule has 1 aliphatic rings. The number of ether oxygens (including phenoxy) is 2. The quantitative estimate of drug-likeness (QED) is 0.193. The van der Waals surface area contributed by atoms with E-state index in [4.69, 9.17) is 18.5 Å². The van der Waals surface area contributed by atoms with E-state index in [1.165, 1.54) is 24.7 Å². The van der Waals surface area contributed by atoms with E-state index in [-0.39, 0.29) is 11.9 Å². The number of fused-ring (bicyclic) bond motifs is 1. The number of imidazole rings is 1. The Morgan fingerprint density at radius 1 is 1.25 bits per heavy atom. The summed E-state index contributed by atoms with van der Waals surface area (Å²) >= 11 is 0. The highest BCUT2D eigenvalue weighted by Crippen LogP contribution is 2.47. The van der Waals surface area contributed by atoms with Gasteiger partial charge in [0.1, 0.15) is 35.4 Å². The van der Waals surface area contributed by atoms with Crippen LogP contribution in [0.1, 0.15) is 39.7 Å². The largest absolute Gasteiger partial charge is 0.462 e. The van der Waals surface area contributed by atoms with E-state index in [0.29, 0.717) is 22.8 Å². The first kappa shape index (κ1) is 29.8. The van der Waals surface area contributed by atoms with E-state index in [1.807, 2.05) is 0 Å². The molecule has 1 aliphatic heterocycles. The van der Waals surface area contributed by atoms with Crippen molar-refractivity contribution in [3.63, 3.8) is 0 Å². The van der Waals surface area contributed by atoms with Gasteiger partial charge in [-0.15, -0.1) is 0 Å². The van der Waals surface area contributed by atoms with Crippen LogP contribution < -0.4 is 14.9 Å². The Balaban J connectivity index is 1.56. The van der Waals surface area contributed by atoms with Gasteiger partial charge in [-0.05, 0) is 46.8 Å². The van der Waals surface area contributed by atoms with Crippen LogP contribution in [0.25, 0.3) is 11.2 Å². The summed E-state index contributed by atoms with van der Waals surface area (Å²) in [5.41, 5.74) is -0.978. The zero-order valence-corrected chi connectivity index (χ0v) is 24.0. The van der Waals surface area contributed by atoms with Crippen LogP contribution in [-0.2, 0) is 23.4 Å².